The molecule has 0 spiro atoms. The summed E-state index contributed by atoms with van der Waals surface area (Å²) in [7, 11) is 0. The van der Waals surface area contributed by atoms with E-state index in [-0.39, 0.29) is 6.10 Å². The van der Waals surface area contributed by atoms with Crippen LogP contribution in [0.5, 0.6) is 11.5 Å². The van der Waals surface area contributed by atoms with Gasteiger partial charge in [0, 0.05) is 12.0 Å². The van der Waals surface area contributed by atoms with Gasteiger partial charge in [-0.3, -0.25) is 0 Å². The van der Waals surface area contributed by atoms with Crippen LogP contribution in [0, 0.1) is 19.3 Å². The molecule has 0 saturated carbocycles. The Bertz CT molecular complexity index is 760. The first-order chi connectivity index (χ1) is 10.7. The van der Waals surface area contributed by atoms with E-state index in [2.05, 4.69) is 27.0 Å². The monoisotopic (exact) mass is 355 g/mol. The average molecular weight is 356 g/mol. The highest BCUT2D eigenvalue weighted by Gasteiger charge is 2.22. The van der Waals surface area contributed by atoms with E-state index in [0.29, 0.717) is 0 Å². The SMILES string of the molecule is C#Cc1ccc(Oc2cc(C3CC(Br)=NO3)ccc2C)cc1. The van der Waals surface area contributed by atoms with Crippen LogP contribution in [0.15, 0.2) is 47.6 Å². The summed E-state index contributed by atoms with van der Waals surface area (Å²) in [6.07, 6.45) is 6.03. The number of terminal acetylenes is 1. The van der Waals surface area contributed by atoms with Gasteiger partial charge < -0.3 is 9.57 Å². The summed E-state index contributed by atoms with van der Waals surface area (Å²) in [6.45, 7) is 2.01. The minimum Gasteiger partial charge on any atom is -0.457 e. The quantitative estimate of drug-likeness (QED) is 0.730. The molecule has 1 atom stereocenters. The lowest BCUT2D eigenvalue weighted by Gasteiger charge is -2.13. The van der Waals surface area contributed by atoms with Gasteiger partial charge in [-0.15, -0.1) is 6.42 Å². The fourth-order valence-corrected chi connectivity index (χ4v) is 2.58. The molecule has 0 aromatic heterocycles. The van der Waals surface area contributed by atoms with Crippen molar-refractivity contribution in [1.29, 1.82) is 0 Å². The van der Waals surface area contributed by atoms with E-state index < -0.39 is 0 Å². The smallest absolute Gasteiger partial charge is 0.158 e. The van der Waals surface area contributed by atoms with Crippen molar-refractivity contribution in [2.75, 3.05) is 0 Å². The number of aryl methyl sites for hydroxylation is 1. The molecule has 0 amide bonds. The van der Waals surface area contributed by atoms with Crippen LogP contribution >= 0.6 is 15.9 Å². The van der Waals surface area contributed by atoms with E-state index in [4.69, 9.17) is 16.0 Å². The molecule has 0 aliphatic carbocycles. The molecule has 3 nitrogen and oxygen atoms in total. The number of nitrogens with zero attached hydrogens (tertiary/aromatic N) is 1. The summed E-state index contributed by atoms with van der Waals surface area (Å²) in [4.78, 5) is 5.39. The molecule has 3 rings (SSSR count). The Kier molecular flexibility index (Phi) is 4.17. The number of hydrogen-bond acceptors (Lipinski definition) is 3. The fourth-order valence-electron chi connectivity index (χ4n) is 2.20. The lowest BCUT2D eigenvalue weighted by molar-refractivity contribution is 0.0856. The third kappa shape index (κ3) is 3.15. The van der Waals surface area contributed by atoms with Gasteiger partial charge in [0.15, 0.2) is 6.10 Å². The second kappa shape index (κ2) is 6.25. The first-order valence-electron chi connectivity index (χ1n) is 6.89. The van der Waals surface area contributed by atoms with Crippen LogP contribution < -0.4 is 4.74 Å². The van der Waals surface area contributed by atoms with Gasteiger partial charge in [0.1, 0.15) is 16.1 Å². The Morgan fingerprint density at radius 1 is 1.27 bits per heavy atom. The maximum absolute atomic E-state index is 5.96. The van der Waals surface area contributed by atoms with E-state index in [1.54, 1.807) is 0 Å². The summed E-state index contributed by atoms with van der Waals surface area (Å²) in [5.74, 6) is 4.15. The molecule has 0 saturated heterocycles. The summed E-state index contributed by atoms with van der Waals surface area (Å²) >= 11 is 3.35. The second-order valence-electron chi connectivity index (χ2n) is 5.06. The maximum atomic E-state index is 5.96. The molecule has 2 aromatic carbocycles. The lowest BCUT2D eigenvalue weighted by atomic mass is 10.0. The number of halogens is 1. The van der Waals surface area contributed by atoms with Gasteiger partial charge in [-0.25, -0.2) is 0 Å². The van der Waals surface area contributed by atoms with Gasteiger partial charge >= 0.3 is 0 Å². The van der Waals surface area contributed by atoms with Crippen LogP contribution in [0.3, 0.4) is 0 Å². The largest absolute Gasteiger partial charge is 0.457 e. The first-order valence-corrected chi connectivity index (χ1v) is 7.68. The second-order valence-corrected chi connectivity index (χ2v) is 5.98. The number of ether oxygens (including phenoxy) is 1. The fraction of sp³-hybridized carbons (Fsp3) is 0.167. The normalized spacial score (nSPS) is 16.6. The van der Waals surface area contributed by atoms with Crippen molar-refractivity contribution in [1.82, 2.24) is 0 Å². The van der Waals surface area contributed by atoms with Gasteiger partial charge in [0.2, 0.25) is 0 Å². The van der Waals surface area contributed by atoms with E-state index in [0.717, 1.165) is 39.2 Å². The highest BCUT2D eigenvalue weighted by Crippen LogP contribution is 2.33. The van der Waals surface area contributed by atoms with Gasteiger partial charge in [0.25, 0.3) is 0 Å². The lowest BCUT2D eigenvalue weighted by Crippen LogP contribution is -1.98. The molecule has 1 heterocycles. The zero-order chi connectivity index (χ0) is 15.5. The molecule has 0 N–H and O–H groups in total. The van der Waals surface area contributed by atoms with Crippen LogP contribution in [-0.4, -0.2) is 4.62 Å². The number of hydrogen-bond donors (Lipinski definition) is 0. The Morgan fingerprint density at radius 2 is 2.05 bits per heavy atom. The molecule has 22 heavy (non-hydrogen) atoms. The van der Waals surface area contributed by atoms with Gasteiger partial charge in [-0.1, -0.05) is 23.2 Å². The predicted octanol–water partition coefficient (Wildman–Crippen LogP) is 4.94. The first kappa shape index (κ1) is 14.7. The minimum atomic E-state index is -0.0684. The molecule has 1 unspecified atom stereocenters. The van der Waals surface area contributed by atoms with Crippen LogP contribution in [0.2, 0.25) is 0 Å². The van der Waals surface area contributed by atoms with Crippen molar-refractivity contribution in [2.24, 2.45) is 5.16 Å². The van der Waals surface area contributed by atoms with E-state index >= 15 is 0 Å². The molecule has 0 fully saturated rings. The van der Waals surface area contributed by atoms with Crippen LogP contribution in [0.1, 0.15) is 29.2 Å². The molecule has 0 radical (unpaired) electrons. The highest BCUT2D eigenvalue weighted by atomic mass is 79.9. The summed E-state index contributed by atoms with van der Waals surface area (Å²) in [5, 5.41) is 3.92. The molecule has 2 aromatic rings. The zero-order valence-electron chi connectivity index (χ0n) is 12.0. The predicted molar refractivity (Wildman–Crippen MR) is 90.4 cm³/mol. The minimum absolute atomic E-state index is 0.0684. The third-order valence-electron chi connectivity index (χ3n) is 3.47. The van der Waals surface area contributed by atoms with Crippen LogP contribution in [-0.2, 0) is 4.84 Å². The molecule has 0 bridgehead atoms. The summed E-state index contributed by atoms with van der Waals surface area (Å²) in [6, 6.07) is 13.5. The Balaban J connectivity index is 1.82. The standard InChI is InChI=1S/C18H14BrNO2/c1-3-13-5-8-15(9-6-13)21-16-10-14(7-4-12(16)2)17-11-18(19)20-22-17/h1,4-10,17H,11H2,2H3. The molecule has 1 aliphatic rings. The van der Waals surface area contributed by atoms with Crippen molar-refractivity contribution in [3.05, 3.63) is 59.2 Å². The Labute approximate surface area is 138 Å². The van der Waals surface area contributed by atoms with E-state index in [1.807, 2.05) is 49.4 Å². The molecule has 4 heteroatoms. The molecular weight excluding hydrogens is 342 g/mol. The summed E-state index contributed by atoms with van der Waals surface area (Å²) in [5.41, 5.74) is 2.93. The average Bonchev–Trinajstić information content (AvgIpc) is 2.97. The van der Waals surface area contributed by atoms with Crippen LogP contribution in [0.25, 0.3) is 0 Å². The highest BCUT2D eigenvalue weighted by molar-refractivity contribution is 9.18. The van der Waals surface area contributed by atoms with Gasteiger partial charge in [-0.05, 0) is 64.3 Å². The van der Waals surface area contributed by atoms with Gasteiger partial charge in [0.05, 0.1) is 0 Å². The van der Waals surface area contributed by atoms with Crippen molar-refractivity contribution in [2.45, 2.75) is 19.4 Å². The number of oxime groups is 1. The Hall–Kier alpha value is -2.25. The van der Waals surface area contributed by atoms with Crippen molar-refractivity contribution in [3.63, 3.8) is 0 Å². The van der Waals surface area contributed by atoms with Crippen LogP contribution in [0.4, 0.5) is 0 Å². The van der Waals surface area contributed by atoms with Crippen molar-refractivity contribution >= 4 is 20.6 Å². The van der Waals surface area contributed by atoms with E-state index in [9.17, 15) is 0 Å². The van der Waals surface area contributed by atoms with Crippen molar-refractivity contribution in [3.8, 4) is 23.8 Å². The Morgan fingerprint density at radius 3 is 2.68 bits per heavy atom. The molecule has 1 aliphatic heterocycles. The number of benzene rings is 2. The topological polar surface area (TPSA) is 30.8 Å². The van der Waals surface area contributed by atoms with Crippen molar-refractivity contribution < 1.29 is 9.57 Å². The molecule has 110 valence electrons. The third-order valence-corrected chi connectivity index (χ3v) is 3.93. The summed E-state index contributed by atoms with van der Waals surface area (Å²) < 4.78 is 6.79. The zero-order valence-corrected chi connectivity index (χ0v) is 13.6. The van der Waals surface area contributed by atoms with Gasteiger partial charge in [-0.2, -0.15) is 0 Å². The maximum Gasteiger partial charge on any atom is 0.158 e. The number of rotatable bonds is 3. The van der Waals surface area contributed by atoms with E-state index in [1.165, 1.54) is 0 Å². The molecular formula is C18H14BrNO2.